The predicted octanol–water partition coefficient (Wildman–Crippen LogP) is 2.62. The topological polar surface area (TPSA) is 55.1 Å². The number of hydrogen-bond donors (Lipinski definition) is 2. The lowest BCUT2D eigenvalue weighted by Crippen LogP contribution is -2.37. The van der Waals surface area contributed by atoms with Crippen LogP contribution in [0.4, 0.5) is 0 Å². The van der Waals surface area contributed by atoms with E-state index < -0.39 is 0 Å². The molecule has 4 atom stereocenters. The molecule has 0 aromatic carbocycles. The Morgan fingerprint density at radius 3 is 2.67 bits per heavy atom. The number of nitrogens with two attached hydrogens (primary N) is 1. The van der Waals surface area contributed by atoms with Crippen molar-refractivity contribution in [1.29, 1.82) is 0 Å². The van der Waals surface area contributed by atoms with Crippen molar-refractivity contribution in [3.05, 3.63) is 0 Å². The van der Waals surface area contributed by atoms with Gasteiger partial charge >= 0.3 is 0 Å². The molecule has 4 unspecified atom stereocenters. The zero-order valence-electron chi connectivity index (χ0n) is 11.4. The van der Waals surface area contributed by atoms with Crippen LogP contribution in [0.5, 0.6) is 0 Å². The van der Waals surface area contributed by atoms with E-state index in [9.17, 15) is 4.79 Å². The summed E-state index contributed by atoms with van der Waals surface area (Å²) in [6, 6.07) is 0.724. The summed E-state index contributed by atoms with van der Waals surface area (Å²) in [6.45, 7) is 2.21. The summed E-state index contributed by atoms with van der Waals surface area (Å²) in [7, 11) is 0. The van der Waals surface area contributed by atoms with Crippen LogP contribution in [0.25, 0.3) is 0 Å². The maximum Gasteiger partial charge on any atom is 0.220 e. The maximum atomic E-state index is 11.9. The van der Waals surface area contributed by atoms with E-state index >= 15 is 0 Å². The Kier molecular flexibility index (Phi) is 6.44. The van der Waals surface area contributed by atoms with Crippen molar-refractivity contribution in [2.45, 2.75) is 70.4 Å². The largest absolute Gasteiger partial charge is 0.353 e. The third-order valence-corrected chi connectivity index (χ3v) is 4.34. The van der Waals surface area contributed by atoms with Gasteiger partial charge in [-0.2, -0.15) is 0 Å². The predicted molar refractivity (Wildman–Crippen MR) is 76.7 cm³/mol. The van der Waals surface area contributed by atoms with E-state index in [1.807, 2.05) is 0 Å². The summed E-state index contributed by atoms with van der Waals surface area (Å²) in [5.74, 6) is 1.41. The molecule has 4 heteroatoms. The summed E-state index contributed by atoms with van der Waals surface area (Å²) in [4.78, 5) is 11.9. The van der Waals surface area contributed by atoms with Gasteiger partial charge in [0.05, 0.1) is 0 Å². The van der Waals surface area contributed by atoms with Gasteiger partial charge in [0.25, 0.3) is 0 Å². The van der Waals surface area contributed by atoms with Crippen molar-refractivity contribution in [3.8, 4) is 0 Å². The SMILES string of the molecule is CCCC1CC1NC(=O)CC1CCCCC1N.Cl. The molecule has 0 bridgehead atoms. The smallest absolute Gasteiger partial charge is 0.220 e. The van der Waals surface area contributed by atoms with E-state index in [1.165, 1.54) is 32.1 Å². The highest BCUT2D eigenvalue weighted by Crippen LogP contribution is 2.35. The van der Waals surface area contributed by atoms with Gasteiger partial charge in [-0.15, -0.1) is 12.4 Å². The highest BCUT2D eigenvalue weighted by Gasteiger charge is 2.37. The number of hydrogen-bond acceptors (Lipinski definition) is 2. The van der Waals surface area contributed by atoms with E-state index in [1.54, 1.807) is 0 Å². The molecule has 2 fully saturated rings. The molecule has 2 rings (SSSR count). The van der Waals surface area contributed by atoms with Gasteiger partial charge in [0, 0.05) is 18.5 Å². The monoisotopic (exact) mass is 274 g/mol. The van der Waals surface area contributed by atoms with Crippen LogP contribution in [0.2, 0.25) is 0 Å². The van der Waals surface area contributed by atoms with Crippen LogP contribution in [0.1, 0.15) is 58.3 Å². The molecule has 106 valence electrons. The lowest BCUT2D eigenvalue weighted by molar-refractivity contribution is -0.122. The van der Waals surface area contributed by atoms with Crippen LogP contribution >= 0.6 is 12.4 Å². The van der Waals surface area contributed by atoms with Gasteiger partial charge < -0.3 is 11.1 Å². The summed E-state index contributed by atoms with van der Waals surface area (Å²) in [5.41, 5.74) is 6.07. The molecule has 2 aliphatic rings. The van der Waals surface area contributed by atoms with E-state index in [-0.39, 0.29) is 24.4 Å². The van der Waals surface area contributed by atoms with Crippen molar-refractivity contribution >= 4 is 18.3 Å². The molecule has 2 aliphatic carbocycles. The maximum absolute atomic E-state index is 11.9. The van der Waals surface area contributed by atoms with Crippen LogP contribution in [-0.2, 0) is 4.79 Å². The second kappa shape index (κ2) is 7.34. The Bertz CT molecular complexity index is 273. The van der Waals surface area contributed by atoms with Crippen molar-refractivity contribution in [2.75, 3.05) is 0 Å². The fourth-order valence-electron chi connectivity index (χ4n) is 3.11. The molecule has 2 saturated carbocycles. The van der Waals surface area contributed by atoms with Crippen LogP contribution in [0.15, 0.2) is 0 Å². The molecule has 0 spiro atoms. The van der Waals surface area contributed by atoms with Gasteiger partial charge in [0.2, 0.25) is 5.91 Å². The minimum Gasteiger partial charge on any atom is -0.353 e. The number of nitrogens with one attached hydrogen (secondary N) is 1. The number of halogens is 1. The van der Waals surface area contributed by atoms with E-state index in [2.05, 4.69) is 12.2 Å². The third kappa shape index (κ3) is 4.43. The van der Waals surface area contributed by atoms with Crippen LogP contribution in [0.3, 0.4) is 0 Å². The average molecular weight is 275 g/mol. The van der Waals surface area contributed by atoms with E-state index in [0.717, 1.165) is 18.8 Å². The highest BCUT2D eigenvalue weighted by atomic mass is 35.5. The molecule has 1 amide bonds. The Morgan fingerprint density at radius 1 is 1.28 bits per heavy atom. The fraction of sp³-hybridized carbons (Fsp3) is 0.929. The first-order valence-electron chi connectivity index (χ1n) is 7.25. The minimum atomic E-state index is 0. The van der Waals surface area contributed by atoms with Crippen LogP contribution in [0, 0.1) is 11.8 Å². The zero-order valence-corrected chi connectivity index (χ0v) is 12.2. The molecule has 0 aliphatic heterocycles. The summed E-state index contributed by atoms with van der Waals surface area (Å²) < 4.78 is 0. The molecule has 3 N–H and O–H groups in total. The van der Waals surface area contributed by atoms with E-state index in [4.69, 9.17) is 5.73 Å². The molecule has 0 heterocycles. The summed E-state index contributed by atoms with van der Waals surface area (Å²) >= 11 is 0. The van der Waals surface area contributed by atoms with Gasteiger partial charge in [-0.1, -0.05) is 26.2 Å². The van der Waals surface area contributed by atoms with Crippen molar-refractivity contribution in [2.24, 2.45) is 17.6 Å². The Hall–Kier alpha value is -0.280. The number of amides is 1. The quantitative estimate of drug-likeness (QED) is 0.810. The Balaban J connectivity index is 0.00000162. The first kappa shape index (κ1) is 15.8. The molecular formula is C14H27ClN2O. The van der Waals surface area contributed by atoms with Crippen molar-refractivity contribution in [3.63, 3.8) is 0 Å². The average Bonchev–Trinajstić information content (AvgIpc) is 3.00. The minimum absolute atomic E-state index is 0. The second-order valence-electron chi connectivity index (χ2n) is 5.87. The highest BCUT2D eigenvalue weighted by molar-refractivity contribution is 5.85. The lowest BCUT2D eigenvalue weighted by Gasteiger charge is -2.28. The number of carbonyl (C=O) groups is 1. The summed E-state index contributed by atoms with van der Waals surface area (Å²) in [5, 5.41) is 3.16. The molecule has 0 aromatic heterocycles. The molecule has 18 heavy (non-hydrogen) atoms. The molecule has 0 aromatic rings. The zero-order chi connectivity index (χ0) is 12.3. The van der Waals surface area contributed by atoms with Crippen molar-refractivity contribution in [1.82, 2.24) is 5.32 Å². The van der Waals surface area contributed by atoms with Gasteiger partial charge in [0.15, 0.2) is 0 Å². The molecular weight excluding hydrogens is 248 g/mol. The van der Waals surface area contributed by atoms with Crippen molar-refractivity contribution < 1.29 is 4.79 Å². The normalized spacial score (nSPS) is 34.6. The third-order valence-electron chi connectivity index (χ3n) is 4.34. The second-order valence-corrected chi connectivity index (χ2v) is 5.87. The first-order valence-corrected chi connectivity index (χ1v) is 7.25. The van der Waals surface area contributed by atoms with E-state index in [0.29, 0.717) is 18.4 Å². The number of carbonyl (C=O) groups excluding carboxylic acids is 1. The lowest BCUT2D eigenvalue weighted by atomic mass is 9.83. The van der Waals surface area contributed by atoms with Crippen LogP contribution in [-0.4, -0.2) is 18.0 Å². The first-order chi connectivity index (χ1) is 8.20. The van der Waals surface area contributed by atoms with Gasteiger partial charge in [-0.25, -0.2) is 0 Å². The van der Waals surface area contributed by atoms with Gasteiger partial charge in [-0.3, -0.25) is 4.79 Å². The summed E-state index contributed by atoms with van der Waals surface area (Å²) in [6.07, 6.45) is 9.04. The molecule has 3 nitrogen and oxygen atoms in total. The Morgan fingerprint density at radius 2 is 2.00 bits per heavy atom. The van der Waals surface area contributed by atoms with Crippen LogP contribution < -0.4 is 11.1 Å². The molecule has 0 radical (unpaired) electrons. The van der Waals surface area contributed by atoms with Gasteiger partial charge in [-0.05, 0) is 37.5 Å². The molecule has 0 saturated heterocycles. The standard InChI is InChI=1S/C14H26N2O.ClH/c1-2-5-11-8-13(11)16-14(17)9-10-6-3-4-7-12(10)15;/h10-13H,2-9,15H2,1H3,(H,16,17);1H. The fourth-order valence-corrected chi connectivity index (χ4v) is 3.11. The van der Waals surface area contributed by atoms with Gasteiger partial charge in [0.1, 0.15) is 0 Å². The number of rotatable bonds is 5. The Labute approximate surface area is 117 Å².